The lowest BCUT2D eigenvalue weighted by atomic mass is 10.1. The Kier molecular flexibility index (Phi) is 4.42. The molecule has 2 aromatic rings. The number of ether oxygens (including phenoxy) is 1. The number of halogens is 1. The first-order valence-electron chi connectivity index (χ1n) is 6.41. The van der Waals surface area contributed by atoms with Gasteiger partial charge in [0.25, 0.3) is 5.89 Å². The average Bonchev–Trinajstić information content (AvgIpc) is 2.86. The zero-order chi connectivity index (χ0) is 14.8. The van der Waals surface area contributed by atoms with Crippen molar-refractivity contribution in [3.8, 4) is 11.5 Å². The third kappa shape index (κ3) is 3.17. The number of aryl methyl sites for hydroxylation is 1. The van der Waals surface area contributed by atoms with E-state index in [0.29, 0.717) is 35.5 Å². The van der Waals surface area contributed by atoms with Gasteiger partial charge < -0.3 is 15.0 Å². The smallest absolute Gasteiger partial charge is 0.259 e. The molecule has 2 N–H and O–H groups in total. The molecule has 0 radical (unpaired) electrons. The summed E-state index contributed by atoms with van der Waals surface area (Å²) < 4.78 is 10.6. The van der Waals surface area contributed by atoms with E-state index >= 15 is 0 Å². The van der Waals surface area contributed by atoms with E-state index in [2.05, 4.69) is 10.1 Å². The molecule has 1 unspecified atom stereocenters. The Bertz CT molecular complexity index is 596. The maximum absolute atomic E-state index is 6.19. The van der Waals surface area contributed by atoms with Crippen LogP contribution in [-0.2, 0) is 10.3 Å². The molecule has 0 saturated carbocycles. The lowest BCUT2D eigenvalue weighted by molar-refractivity contribution is 0.0962. The van der Waals surface area contributed by atoms with Crippen LogP contribution in [-0.4, -0.2) is 23.4 Å². The predicted molar refractivity (Wildman–Crippen MR) is 77.5 cm³/mol. The number of nitrogens with two attached hydrogens (primary N) is 1. The summed E-state index contributed by atoms with van der Waals surface area (Å²) in [6, 6.07) is 5.64. The van der Waals surface area contributed by atoms with Crippen molar-refractivity contribution in [3.63, 3.8) is 0 Å². The van der Waals surface area contributed by atoms with Crippen molar-refractivity contribution in [2.45, 2.75) is 26.3 Å². The van der Waals surface area contributed by atoms with Crippen LogP contribution in [0.1, 0.15) is 25.2 Å². The zero-order valence-corrected chi connectivity index (χ0v) is 12.6. The molecule has 0 saturated heterocycles. The molecule has 0 bridgehead atoms. The standard InChI is InChI=1S/C14H18ClN3O2/c1-4-19-8-14(3,16)13-17-12(20-18-13)10-6-5-9(2)7-11(10)15/h5-7H,4,8,16H2,1-3H3. The molecule has 2 rings (SSSR count). The Labute approximate surface area is 123 Å². The summed E-state index contributed by atoms with van der Waals surface area (Å²) >= 11 is 6.19. The van der Waals surface area contributed by atoms with Gasteiger partial charge in [0, 0.05) is 6.61 Å². The van der Waals surface area contributed by atoms with E-state index in [-0.39, 0.29) is 0 Å². The van der Waals surface area contributed by atoms with Gasteiger partial charge in [0.1, 0.15) is 5.54 Å². The number of nitrogens with zero attached hydrogens (tertiary/aromatic N) is 2. The highest BCUT2D eigenvalue weighted by molar-refractivity contribution is 6.33. The largest absolute Gasteiger partial charge is 0.379 e. The van der Waals surface area contributed by atoms with Crippen LogP contribution in [0.4, 0.5) is 0 Å². The van der Waals surface area contributed by atoms with E-state index in [0.717, 1.165) is 5.56 Å². The molecular weight excluding hydrogens is 278 g/mol. The maximum atomic E-state index is 6.19. The second kappa shape index (κ2) is 5.91. The highest BCUT2D eigenvalue weighted by Crippen LogP contribution is 2.28. The molecule has 20 heavy (non-hydrogen) atoms. The van der Waals surface area contributed by atoms with E-state index < -0.39 is 5.54 Å². The Balaban J connectivity index is 2.28. The summed E-state index contributed by atoms with van der Waals surface area (Å²) in [5, 5.41) is 4.50. The predicted octanol–water partition coefficient (Wildman–Crippen LogP) is 2.91. The highest BCUT2D eigenvalue weighted by atomic mass is 35.5. The van der Waals surface area contributed by atoms with Gasteiger partial charge in [0.2, 0.25) is 0 Å². The van der Waals surface area contributed by atoms with Gasteiger partial charge in [-0.15, -0.1) is 0 Å². The van der Waals surface area contributed by atoms with E-state index in [1.807, 2.05) is 32.0 Å². The van der Waals surface area contributed by atoms with E-state index in [1.165, 1.54) is 0 Å². The van der Waals surface area contributed by atoms with Crippen molar-refractivity contribution in [1.82, 2.24) is 10.1 Å². The lowest BCUT2D eigenvalue weighted by Crippen LogP contribution is -2.39. The fourth-order valence-corrected chi connectivity index (χ4v) is 2.05. The van der Waals surface area contributed by atoms with Crippen molar-refractivity contribution < 1.29 is 9.26 Å². The minimum absolute atomic E-state index is 0.324. The molecule has 1 heterocycles. The summed E-state index contributed by atoms with van der Waals surface area (Å²) in [5.41, 5.74) is 7.10. The average molecular weight is 296 g/mol. The minimum Gasteiger partial charge on any atom is -0.379 e. The van der Waals surface area contributed by atoms with Gasteiger partial charge in [0.15, 0.2) is 5.82 Å². The van der Waals surface area contributed by atoms with Gasteiger partial charge in [-0.1, -0.05) is 22.8 Å². The Morgan fingerprint density at radius 2 is 2.20 bits per heavy atom. The molecule has 0 aliphatic rings. The van der Waals surface area contributed by atoms with Gasteiger partial charge in [-0.3, -0.25) is 0 Å². The number of hydrogen-bond donors (Lipinski definition) is 1. The fraction of sp³-hybridized carbons (Fsp3) is 0.429. The van der Waals surface area contributed by atoms with Gasteiger partial charge in [-0.05, 0) is 38.5 Å². The minimum atomic E-state index is -0.797. The van der Waals surface area contributed by atoms with Gasteiger partial charge >= 0.3 is 0 Å². The second-order valence-electron chi connectivity index (χ2n) is 4.96. The summed E-state index contributed by atoms with van der Waals surface area (Å²) in [6.45, 7) is 6.58. The molecule has 1 atom stereocenters. The van der Waals surface area contributed by atoms with Gasteiger partial charge in [-0.2, -0.15) is 4.98 Å². The first-order chi connectivity index (χ1) is 9.44. The fourth-order valence-electron chi connectivity index (χ4n) is 1.74. The van der Waals surface area contributed by atoms with Gasteiger partial charge in [-0.25, -0.2) is 0 Å². The topological polar surface area (TPSA) is 74.2 Å². The first kappa shape index (κ1) is 15.0. The third-order valence-electron chi connectivity index (χ3n) is 2.90. The lowest BCUT2D eigenvalue weighted by Gasteiger charge is -2.19. The Morgan fingerprint density at radius 3 is 2.85 bits per heavy atom. The first-order valence-corrected chi connectivity index (χ1v) is 6.79. The molecule has 0 amide bonds. The zero-order valence-electron chi connectivity index (χ0n) is 11.8. The number of hydrogen-bond acceptors (Lipinski definition) is 5. The highest BCUT2D eigenvalue weighted by Gasteiger charge is 2.28. The monoisotopic (exact) mass is 295 g/mol. The van der Waals surface area contributed by atoms with Crippen LogP contribution in [0.2, 0.25) is 5.02 Å². The van der Waals surface area contributed by atoms with Crippen molar-refractivity contribution in [3.05, 3.63) is 34.6 Å². The second-order valence-corrected chi connectivity index (χ2v) is 5.37. The quantitative estimate of drug-likeness (QED) is 0.918. The SMILES string of the molecule is CCOCC(C)(N)c1noc(-c2ccc(C)cc2Cl)n1. The molecule has 0 aliphatic heterocycles. The van der Waals surface area contributed by atoms with Crippen LogP contribution in [0, 0.1) is 6.92 Å². The van der Waals surface area contributed by atoms with Crippen LogP contribution in [0.25, 0.3) is 11.5 Å². The van der Waals surface area contributed by atoms with Crippen LogP contribution < -0.4 is 5.73 Å². The van der Waals surface area contributed by atoms with Crippen LogP contribution in [0.5, 0.6) is 0 Å². The van der Waals surface area contributed by atoms with Crippen molar-refractivity contribution in [2.24, 2.45) is 5.73 Å². The molecule has 1 aromatic carbocycles. The molecule has 1 aromatic heterocycles. The summed E-state index contributed by atoms with van der Waals surface area (Å²) in [7, 11) is 0. The third-order valence-corrected chi connectivity index (χ3v) is 3.21. The maximum Gasteiger partial charge on any atom is 0.259 e. The van der Waals surface area contributed by atoms with Crippen LogP contribution in [0.3, 0.4) is 0 Å². The van der Waals surface area contributed by atoms with E-state index in [1.54, 1.807) is 6.92 Å². The molecule has 0 spiro atoms. The molecular formula is C14H18ClN3O2. The van der Waals surface area contributed by atoms with Crippen molar-refractivity contribution in [1.29, 1.82) is 0 Å². The van der Waals surface area contributed by atoms with E-state index in [4.69, 9.17) is 26.6 Å². The Hall–Kier alpha value is -1.43. The van der Waals surface area contributed by atoms with Crippen molar-refractivity contribution >= 4 is 11.6 Å². The number of benzene rings is 1. The normalized spacial score (nSPS) is 14.2. The number of aromatic nitrogens is 2. The Morgan fingerprint density at radius 1 is 1.45 bits per heavy atom. The summed E-state index contributed by atoms with van der Waals surface area (Å²) in [6.07, 6.45) is 0. The van der Waals surface area contributed by atoms with Crippen LogP contribution in [0.15, 0.2) is 22.7 Å². The molecule has 5 nitrogen and oxygen atoms in total. The van der Waals surface area contributed by atoms with Crippen LogP contribution >= 0.6 is 11.6 Å². The van der Waals surface area contributed by atoms with Gasteiger partial charge in [0.05, 0.1) is 17.2 Å². The number of rotatable bonds is 5. The molecule has 108 valence electrons. The van der Waals surface area contributed by atoms with Crippen molar-refractivity contribution in [2.75, 3.05) is 13.2 Å². The van der Waals surface area contributed by atoms with E-state index in [9.17, 15) is 0 Å². The summed E-state index contributed by atoms with van der Waals surface area (Å²) in [4.78, 5) is 4.33. The molecule has 6 heteroatoms. The summed E-state index contributed by atoms with van der Waals surface area (Å²) in [5.74, 6) is 0.760. The molecule has 0 fully saturated rings. The molecule has 0 aliphatic carbocycles.